The number of aromatic nitrogens is 4. The highest BCUT2D eigenvalue weighted by molar-refractivity contribution is 8.00. The lowest BCUT2D eigenvalue weighted by Gasteiger charge is -2.08. The van der Waals surface area contributed by atoms with Gasteiger partial charge in [0, 0.05) is 17.5 Å². The summed E-state index contributed by atoms with van der Waals surface area (Å²) in [5, 5.41) is 10.4. The topological polar surface area (TPSA) is 72.2 Å². The summed E-state index contributed by atoms with van der Waals surface area (Å²) in [5.41, 5.74) is 1.93. The largest absolute Gasteiger partial charge is 0.417 e. The Morgan fingerprint density at radius 1 is 1.03 bits per heavy atom. The predicted molar refractivity (Wildman–Crippen MR) is 125 cm³/mol. The maximum absolute atomic E-state index is 13.0. The van der Waals surface area contributed by atoms with Gasteiger partial charge in [0.05, 0.1) is 22.3 Å². The third-order valence-corrected chi connectivity index (χ3v) is 7.31. The van der Waals surface area contributed by atoms with Crippen molar-refractivity contribution >= 4 is 44.9 Å². The molecule has 11 heteroatoms. The van der Waals surface area contributed by atoms with E-state index in [0.29, 0.717) is 5.56 Å². The molecular weight excluding hydrogens is 483 g/mol. The van der Waals surface area contributed by atoms with Crippen LogP contribution in [0.1, 0.15) is 27.3 Å². The number of benzene rings is 2. The van der Waals surface area contributed by atoms with Gasteiger partial charge in [-0.3, -0.25) is 9.20 Å². The minimum absolute atomic E-state index is 0.0590. The van der Waals surface area contributed by atoms with Crippen LogP contribution in [0.15, 0.2) is 71.2 Å². The first-order chi connectivity index (χ1) is 16.4. The fourth-order valence-corrected chi connectivity index (χ4v) is 5.32. The van der Waals surface area contributed by atoms with Crippen LogP contribution in [0.2, 0.25) is 0 Å². The summed E-state index contributed by atoms with van der Waals surface area (Å²) < 4.78 is 42.3. The Kier molecular flexibility index (Phi) is 5.96. The van der Waals surface area contributed by atoms with E-state index in [1.54, 1.807) is 35.2 Å². The number of nitrogens with one attached hydrogen (secondary N) is 1. The van der Waals surface area contributed by atoms with Gasteiger partial charge in [-0.05, 0) is 42.0 Å². The van der Waals surface area contributed by atoms with E-state index in [2.05, 4.69) is 20.5 Å². The normalized spacial score (nSPS) is 11.9. The molecule has 3 aromatic heterocycles. The highest BCUT2D eigenvalue weighted by atomic mass is 32.2. The van der Waals surface area contributed by atoms with Crippen LogP contribution in [0.5, 0.6) is 0 Å². The van der Waals surface area contributed by atoms with Crippen LogP contribution in [0.4, 0.5) is 13.2 Å². The third kappa shape index (κ3) is 4.75. The summed E-state index contributed by atoms with van der Waals surface area (Å²) in [6.45, 7) is -0.0590. The van der Waals surface area contributed by atoms with Gasteiger partial charge in [-0.15, -0.1) is 21.5 Å². The second-order valence-electron chi connectivity index (χ2n) is 7.38. The molecule has 0 aliphatic carbocycles. The molecule has 0 aliphatic rings. The Bertz CT molecular complexity index is 1440. The van der Waals surface area contributed by atoms with E-state index in [4.69, 9.17) is 0 Å². The van der Waals surface area contributed by atoms with E-state index in [0.717, 1.165) is 38.1 Å². The molecular formula is C23H16F3N5OS2. The fraction of sp³-hybridized carbons (Fsp3) is 0.130. The number of nitrogens with zero attached hydrogens (tertiary/aromatic N) is 4. The van der Waals surface area contributed by atoms with Gasteiger partial charge in [0.1, 0.15) is 0 Å². The van der Waals surface area contributed by atoms with Gasteiger partial charge in [0.15, 0.2) is 15.8 Å². The number of para-hydroxylation sites is 1. The molecule has 6 nitrogen and oxygen atoms in total. The predicted octanol–water partition coefficient (Wildman–Crippen LogP) is 5.58. The quantitative estimate of drug-likeness (QED) is 0.309. The van der Waals surface area contributed by atoms with Crippen molar-refractivity contribution in [2.24, 2.45) is 0 Å². The maximum Gasteiger partial charge on any atom is 0.417 e. The first-order valence-corrected chi connectivity index (χ1v) is 11.9. The number of pyridine rings is 1. The Balaban J connectivity index is 1.21. The lowest BCUT2D eigenvalue weighted by molar-refractivity contribution is -0.137. The van der Waals surface area contributed by atoms with Crippen LogP contribution in [0.3, 0.4) is 0 Å². The van der Waals surface area contributed by atoms with Gasteiger partial charge in [-0.1, -0.05) is 36.0 Å². The summed E-state index contributed by atoms with van der Waals surface area (Å²) in [7, 11) is 0. The van der Waals surface area contributed by atoms with E-state index >= 15 is 0 Å². The van der Waals surface area contributed by atoms with Crippen molar-refractivity contribution in [2.75, 3.05) is 0 Å². The van der Waals surface area contributed by atoms with E-state index < -0.39 is 11.7 Å². The number of carbonyl (C=O) groups is 1. The van der Waals surface area contributed by atoms with Gasteiger partial charge in [-0.2, -0.15) is 13.2 Å². The minimum atomic E-state index is -4.48. The van der Waals surface area contributed by atoms with Crippen molar-refractivity contribution in [2.45, 2.75) is 22.8 Å². The second kappa shape index (κ2) is 9.07. The monoisotopic (exact) mass is 499 g/mol. The number of carbonyl (C=O) groups excluding carboxylic acids is 1. The molecule has 0 unspecified atom stereocenters. The van der Waals surface area contributed by atoms with Crippen molar-refractivity contribution < 1.29 is 18.0 Å². The highest BCUT2D eigenvalue weighted by Crippen LogP contribution is 2.31. The molecule has 3 heterocycles. The zero-order chi connectivity index (χ0) is 23.7. The van der Waals surface area contributed by atoms with Crippen LogP contribution in [0, 0.1) is 0 Å². The van der Waals surface area contributed by atoms with Crippen LogP contribution in [0.25, 0.3) is 15.9 Å². The van der Waals surface area contributed by atoms with E-state index in [-0.39, 0.29) is 23.9 Å². The molecule has 1 amide bonds. The maximum atomic E-state index is 13.0. The molecule has 1 N–H and O–H groups in total. The third-order valence-electron chi connectivity index (χ3n) is 5.06. The molecule has 2 aromatic carbocycles. The molecule has 0 bridgehead atoms. The van der Waals surface area contributed by atoms with E-state index in [9.17, 15) is 18.0 Å². The van der Waals surface area contributed by atoms with Crippen molar-refractivity contribution in [3.63, 3.8) is 0 Å². The minimum Gasteiger partial charge on any atom is -0.345 e. The zero-order valence-electron chi connectivity index (χ0n) is 17.4. The Hall–Kier alpha value is -3.44. The van der Waals surface area contributed by atoms with E-state index in [1.165, 1.54) is 10.5 Å². The number of hydrogen-bond donors (Lipinski definition) is 1. The summed E-state index contributed by atoms with van der Waals surface area (Å²) in [4.78, 5) is 17.1. The standard InChI is InChI=1S/C23H16F3N5OS2/c24-23(25,26)16-9-10-19-29-30-20(31(19)12-16)11-27-21(32)15-7-5-14(6-8-15)13-33-22-28-17-3-1-2-4-18(17)34-22/h1-10,12H,11,13H2,(H,27,32). The van der Waals surface area contributed by atoms with Crippen molar-refractivity contribution in [3.05, 3.63) is 89.4 Å². The van der Waals surface area contributed by atoms with Crippen LogP contribution in [-0.2, 0) is 18.5 Å². The summed E-state index contributed by atoms with van der Waals surface area (Å²) in [6, 6.07) is 17.4. The molecule has 5 aromatic rings. The van der Waals surface area contributed by atoms with Crippen molar-refractivity contribution in [3.8, 4) is 0 Å². The number of alkyl halides is 3. The fourth-order valence-electron chi connectivity index (χ4n) is 3.30. The number of amides is 1. The van der Waals surface area contributed by atoms with Crippen molar-refractivity contribution in [1.29, 1.82) is 0 Å². The smallest absolute Gasteiger partial charge is 0.345 e. The van der Waals surface area contributed by atoms with Crippen LogP contribution >= 0.6 is 23.1 Å². The molecule has 0 radical (unpaired) electrons. The number of rotatable bonds is 6. The van der Waals surface area contributed by atoms with Gasteiger partial charge in [-0.25, -0.2) is 4.98 Å². The Morgan fingerprint density at radius 2 is 1.82 bits per heavy atom. The molecule has 0 spiro atoms. The SMILES string of the molecule is O=C(NCc1nnc2ccc(C(F)(F)F)cn12)c1ccc(CSc2nc3ccccc3s2)cc1. The van der Waals surface area contributed by atoms with Gasteiger partial charge in [0.2, 0.25) is 0 Å². The lowest BCUT2D eigenvalue weighted by Crippen LogP contribution is -2.24. The van der Waals surface area contributed by atoms with Crippen LogP contribution < -0.4 is 5.32 Å². The van der Waals surface area contributed by atoms with Gasteiger partial charge >= 0.3 is 6.18 Å². The lowest BCUT2D eigenvalue weighted by atomic mass is 10.1. The number of halogens is 3. The molecule has 0 saturated heterocycles. The Labute approximate surface area is 199 Å². The zero-order valence-corrected chi connectivity index (χ0v) is 19.0. The molecule has 0 aliphatic heterocycles. The summed E-state index contributed by atoms with van der Waals surface area (Å²) in [6.07, 6.45) is -3.55. The molecule has 0 saturated carbocycles. The number of hydrogen-bond acceptors (Lipinski definition) is 6. The first-order valence-electron chi connectivity index (χ1n) is 10.1. The van der Waals surface area contributed by atoms with Crippen LogP contribution in [-0.4, -0.2) is 25.5 Å². The summed E-state index contributed by atoms with van der Waals surface area (Å²) in [5.74, 6) is 0.571. The molecule has 0 fully saturated rings. The molecule has 34 heavy (non-hydrogen) atoms. The van der Waals surface area contributed by atoms with E-state index in [1.807, 2.05) is 36.4 Å². The summed E-state index contributed by atoms with van der Waals surface area (Å²) >= 11 is 3.28. The van der Waals surface area contributed by atoms with Gasteiger partial charge in [0.25, 0.3) is 5.91 Å². The number of thiazole rings is 1. The van der Waals surface area contributed by atoms with Crippen molar-refractivity contribution in [1.82, 2.24) is 24.9 Å². The number of thioether (sulfide) groups is 1. The average Bonchev–Trinajstić information content (AvgIpc) is 3.44. The highest BCUT2D eigenvalue weighted by Gasteiger charge is 2.31. The number of fused-ring (bicyclic) bond motifs is 2. The second-order valence-corrected chi connectivity index (χ2v) is 9.63. The molecule has 0 atom stereocenters. The average molecular weight is 500 g/mol. The van der Waals surface area contributed by atoms with Gasteiger partial charge < -0.3 is 5.32 Å². The molecule has 5 rings (SSSR count). The Morgan fingerprint density at radius 3 is 2.59 bits per heavy atom. The molecule has 172 valence electrons. The first kappa shape index (κ1) is 22.4.